The molecule has 0 unspecified atom stereocenters. The molecule has 0 bridgehead atoms. The molecule has 0 aromatic rings. The fraction of sp³-hybridized carbons (Fsp3) is 1.00. The van der Waals surface area contributed by atoms with Crippen LogP contribution in [0.2, 0.25) is 0 Å². The van der Waals surface area contributed by atoms with Crippen LogP contribution < -0.4 is 5.73 Å². The van der Waals surface area contributed by atoms with Gasteiger partial charge in [0.1, 0.15) is 0 Å². The molecule has 0 radical (unpaired) electrons. The lowest BCUT2D eigenvalue weighted by Gasteiger charge is -1.98. The smallest absolute Gasteiger partial charge is 0.197 e. The molecule has 0 spiro atoms. The monoisotopic (exact) mass is 127 g/mol. The van der Waals surface area contributed by atoms with E-state index in [1.54, 1.807) is 0 Å². The van der Waals surface area contributed by atoms with E-state index < -0.39 is 6.49 Å². The zero-order valence-electron chi connectivity index (χ0n) is 3.03. The van der Waals surface area contributed by atoms with Crippen molar-refractivity contribution in [1.29, 1.82) is 0 Å². The summed E-state index contributed by atoms with van der Waals surface area (Å²) >= 11 is 4.08. The average molecular weight is 127 g/mol. The van der Waals surface area contributed by atoms with Gasteiger partial charge in [-0.05, 0) is 11.8 Å². The van der Waals surface area contributed by atoms with Gasteiger partial charge in [0.15, 0.2) is 6.49 Å². The third kappa shape index (κ3) is 4.53. The number of nitrogens with two attached hydrogens (primary N) is 1. The minimum Gasteiger partial charge on any atom is -0.344 e. The maximum atomic E-state index is 8.18. The Kier molecular flexibility index (Phi) is 2.18. The van der Waals surface area contributed by atoms with Crippen LogP contribution in [0.25, 0.3) is 0 Å². The highest BCUT2D eigenvalue weighted by molar-refractivity contribution is 8.08. The largest absolute Gasteiger partial charge is 0.344 e. The molecule has 0 rings (SSSR count). The highest BCUT2D eigenvalue weighted by atomic mass is 32.5. The molecule has 6 heavy (non-hydrogen) atoms. The van der Waals surface area contributed by atoms with Crippen LogP contribution in [0.4, 0.5) is 0 Å². The van der Waals surface area contributed by atoms with Crippen LogP contribution >= 0.6 is 6.49 Å². The van der Waals surface area contributed by atoms with Crippen LogP contribution in [0.3, 0.4) is 0 Å². The Morgan fingerprint density at radius 3 is 1.83 bits per heavy atom. The number of rotatable bonds is 1. The van der Waals surface area contributed by atoms with Crippen LogP contribution in [0.1, 0.15) is 0 Å². The first-order valence-corrected chi connectivity index (χ1v) is 4.20. The molecule has 4 N–H and O–H groups in total. The predicted molar refractivity (Wildman–Crippen MR) is 27.8 cm³/mol. The van der Waals surface area contributed by atoms with E-state index in [1.165, 1.54) is 0 Å². The lowest BCUT2D eigenvalue weighted by Crippen LogP contribution is -1.97. The van der Waals surface area contributed by atoms with Crippen molar-refractivity contribution in [3.05, 3.63) is 0 Å². The molecule has 0 aliphatic carbocycles. The first-order valence-electron chi connectivity index (χ1n) is 1.31. The normalized spacial score (nSPS) is 11.8. The van der Waals surface area contributed by atoms with Gasteiger partial charge in [-0.1, -0.05) is 0 Å². The molecule has 3 nitrogen and oxygen atoms in total. The summed E-state index contributed by atoms with van der Waals surface area (Å²) in [5.74, 6) is 0. The summed E-state index contributed by atoms with van der Waals surface area (Å²) in [6.45, 7) is -3.04. The standard InChI is InChI=1S/CH6NO2PS/c2-1-5(3,4)6/h1-2H2,(H2,3,4,6). The quantitative estimate of drug-likeness (QED) is 0.403. The molecule has 0 amide bonds. The Balaban J connectivity index is 3.48. The average Bonchev–Trinajstić information content (AvgIpc) is 1.35. The molecule has 0 aromatic carbocycles. The van der Waals surface area contributed by atoms with Crippen LogP contribution in [0.5, 0.6) is 0 Å². The number of hydrogen-bond acceptors (Lipinski definition) is 2. The summed E-state index contributed by atoms with van der Waals surface area (Å²) in [4.78, 5) is 16.4. The molecule has 38 valence electrons. The first-order chi connectivity index (χ1) is 2.56. The second-order valence-corrected chi connectivity index (χ2v) is 4.30. The SMILES string of the molecule is NCP(O)(O)=S. The van der Waals surface area contributed by atoms with Crippen molar-refractivity contribution < 1.29 is 9.79 Å². The highest BCUT2D eigenvalue weighted by Gasteiger charge is 1.98. The number of hydrogen-bond donors (Lipinski definition) is 3. The Morgan fingerprint density at radius 2 is 1.83 bits per heavy atom. The Bertz CT molecular complexity index is 77.6. The van der Waals surface area contributed by atoms with Gasteiger partial charge in [0.25, 0.3) is 0 Å². The van der Waals surface area contributed by atoms with Gasteiger partial charge in [0.05, 0.1) is 6.29 Å². The lowest BCUT2D eigenvalue weighted by molar-refractivity contribution is 0.479. The summed E-state index contributed by atoms with van der Waals surface area (Å²) in [6.07, 6.45) is -0.192. The van der Waals surface area contributed by atoms with E-state index in [0.717, 1.165) is 0 Å². The fourth-order valence-electron chi connectivity index (χ4n) is 0. The minimum absolute atomic E-state index is 0.192. The van der Waals surface area contributed by atoms with Crippen molar-refractivity contribution in [2.24, 2.45) is 5.73 Å². The molecule has 0 aliphatic rings. The van der Waals surface area contributed by atoms with E-state index in [0.29, 0.717) is 0 Å². The van der Waals surface area contributed by atoms with Gasteiger partial charge >= 0.3 is 0 Å². The minimum atomic E-state index is -3.04. The molecule has 0 fully saturated rings. The molecule has 0 aliphatic heterocycles. The van der Waals surface area contributed by atoms with E-state index in [9.17, 15) is 0 Å². The van der Waals surface area contributed by atoms with Crippen LogP contribution in [-0.4, -0.2) is 16.1 Å². The van der Waals surface area contributed by atoms with E-state index in [2.05, 4.69) is 11.8 Å². The Labute approximate surface area is 41.0 Å². The molecule has 0 aromatic heterocycles. The first kappa shape index (κ1) is 6.53. The molecule has 0 atom stereocenters. The van der Waals surface area contributed by atoms with Crippen molar-refractivity contribution in [2.75, 3.05) is 6.29 Å². The van der Waals surface area contributed by atoms with Crippen LogP contribution in [0.15, 0.2) is 0 Å². The van der Waals surface area contributed by atoms with Crippen LogP contribution in [-0.2, 0) is 11.8 Å². The second kappa shape index (κ2) is 2.00. The fourth-order valence-corrected chi connectivity index (χ4v) is 0. The Morgan fingerprint density at radius 1 is 1.67 bits per heavy atom. The van der Waals surface area contributed by atoms with Gasteiger partial charge in [0, 0.05) is 0 Å². The molecule has 0 heterocycles. The van der Waals surface area contributed by atoms with E-state index in [1.807, 2.05) is 0 Å². The van der Waals surface area contributed by atoms with Crippen molar-refractivity contribution in [3.63, 3.8) is 0 Å². The summed E-state index contributed by atoms with van der Waals surface area (Å²) in [5.41, 5.74) is 4.75. The Hall–Kier alpha value is 0.530. The van der Waals surface area contributed by atoms with Gasteiger partial charge in [-0.25, -0.2) is 0 Å². The summed E-state index contributed by atoms with van der Waals surface area (Å²) in [5, 5.41) is 0. The summed E-state index contributed by atoms with van der Waals surface area (Å²) in [7, 11) is 0. The highest BCUT2D eigenvalue weighted by Crippen LogP contribution is 2.30. The third-order valence-corrected chi connectivity index (χ3v) is 1.16. The van der Waals surface area contributed by atoms with E-state index >= 15 is 0 Å². The third-order valence-electron chi connectivity index (χ3n) is 0.238. The predicted octanol–water partition coefficient (Wildman–Crippen LogP) is -0.803. The zero-order chi connectivity index (χ0) is 5.21. The molecule has 0 saturated heterocycles. The molecule has 0 saturated carbocycles. The van der Waals surface area contributed by atoms with E-state index in [-0.39, 0.29) is 6.29 Å². The van der Waals surface area contributed by atoms with Crippen molar-refractivity contribution in [3.8, 4) is 0 Å². The van der Waals surface area contributed by atoms with Crippen molar-refractivity contribution >= 4 is 18.3 Å². The van der Waals surface area contributed by atoms with Gasteiger partial charge in [-0.3, -0.25) is 0 Å². The van der Waals surface area contributed by atoms with Gasteiger partial charge in [-0.2, -0.15) is 0 Å². The second-order valence-electron chi connectivity index (χ2n) is 0.847. The van der Waals surface area contributed by atoms with E-state index in [4.69, 9.17) is 15.5 Å². The zero-order valence-corrected chi connectivity index (χ0v) is 4.75. The van der Waals surface area contributed by atoms with Gasteiger partial charge in [-0.15, -0.1) is 0 Å². The van der Waals surface area contributed by atoms with Crippen molar-refractivity contribution in [2.45, 2.75) is 0 Å². The summed E-state index contributed by atoms with van der Waals surface area (Å²) in [6, 6.07) is 0. The lowest BCUT2D eigenvalue weighted by atomic mass is 11.6. The molecule has 5 heteroatoms. The van der Waals surface area contributed by atoms with Crippen LogP contribution in [0, 0.1) is 0 Å². The summed E-state index contributed by atoms with van der Waals surface area (Å²) < 4.78 is 0. The van der Waals surface area contributed by atoms with Crippen molar-refractivity contribution in [1.82, 2.24) is 0 Å². The molecular formula is CH6NO2PS. The maximum Gasteiger partial charge on any atom is 0.197 e. The maximum absolute atomic E-state index is 8.18. The molecular weight excluding hydrogens is 121 g/mol. The van der Waals surface area contributed by atoms with Gasteiger partial charge < -0.3 is 15.5 Å². The topological polar surface area (TPSA) is 66.5 Å². The van der Waals surface area contributed by atoms with Gasteiger partial charge in [0.2, 0.25) is 0 Å².